The van der Waals surface area contributed by atoms with Crippen molar-refractivity contribution in [1.29, 1.82) is 0 Å². The lowest BCUT2D eigenvalue weighted by Gasteiger charge is -2.20. The second-order valence-electron chi connectivity index (χ2n) is 6.38. The summed E-state index contributed by atoms with van der Waals surface area (Å²) in [6.07, 6.45) is 2.83. The fourth-order valence-electron chi connectivity index (χ4n) is 1.73. The van der Waals surface area contributed by atoms with Crippen molar-refractivity contribution in [1.82, 2.24) is 5.32 Å². The maximum absolute atomic E-state index is 11.7. The molecule has 0 aromatic carbocycles. The summed E-state index contributed by atoms with van der Waals surface area (Å²) >= 11 is 0. The molecule has 4 nitrogen and oxygen atoms in total. The van der Waals surface area contributed by atoms with Gasteiger partial charge in [0.05, 0.1) is 5.92 Å². The Morgan fingerprint density at radius 3 is 2.17 bits per heavy atom. The Balaban J connectivity index is 3.81. The average molecular weight is 257 g/mol. The van der Waals surface area contributed by atoms with Gasteiger partial charge in [-0.2, -0.15) is 0 Å². The van der Waals surface area contributed by atoms with Crippen LogP contribution in [-0.4, -0.2) is 23.0 Å². The maximum Gasteiger partial charge on any atom is 0.306 e. The first-order valence-electron chi connectivity index (χ1n) is 6.64. The summed E-state index contributed by atoms with van der Waals surface area (Å²) in [6, 6.07) is 0.112. The van der Waals surface area contributed by atoms with Crippen LogP contribution in [0.15, 0.2) is 0 Å². The van der Waals surface area contributed by atoms with E-state index in [0.29, 0.717) is 12.8 Å². The number of carboxylic acids is 1. The molecule has 0 radical (unpaired) electrons. The first kappa shape index (κ1) is 16.9. The zero-order valence-electron chi connectivity index (χ0n) is 12.2. The number of carboxylic acid groups (broad SMARTS) is 1. The van der Waals surface area contributed by atoms with Crippen molar-refractivity contribution < 1.29 is 14.7 Å². The third-order valence-corrected chi connectivity index (χ3v) is 2.79. The van der Waals surface area contributed by atoms with Gasteiger partial charge in [-0.3, -0.25) is 9.59 Å². The van der Waals surface area contributed by atoms with Gasteiger partial charge in [0.2, 0.25) is 5.91 Å². The summed E-state index contributed by atoms with van der Waals surface area (Å²) in [5.41, 5.74) is 0.00161. The van der Waals surface area contributed by atoms with Gasteiger partial charge >= 0.3 is 5.97 Å². The lowest BCUT2D eigenvalue weighted by molar-refractivity contribution is -0.141. The second kappa shape index (κ2) is 7.39. The molecule has 0 fully saturated rings. The van der Waals surface area contributed by atoms with Crippen molar-refractivity contribution in [3.8, 4) is 0 Å². The van der Waals surface area contributed by atoms with Crippen LogP contribution in [0, 0.1) is 11.3 Å². The quantitative estimate of drug-likeness (QED) is 0.737. The van der Waals surface area contributed by atoms with Gasteiger partial charge in [0.25, 0.3) is 0 Å². The van der Waals surface area contributed by atoms with Crippen LogP contribution >= 0.6 is 0 Å². The molecule has 106 valence electrons. The number of carbonyl (C=O) groups excluding carboxylic acids is 1. The van der Waals surface area contributed by atoms with Crippen LogP contribution in [-0.2, 0) is 9.59 Å². The standard InChI is InChI=1S/C14H27NO3/c1-10(13(17)18)7-6-8-11(2)15-12(16)9-14(3,4)5/h10-11H,6-9H2,1-5H3,(H,15,16)(H,17,18). The van der Waals surface area contributed by atoms with E-state index < -0.39 is 5.97 Å². The van der Waals surface area contributed by atoms with Gasteiger partial charge in [0.15, 0.2) is 0 Å². The van der Waals surface area contributed by atoms with Crippen molar-refractivity contribution in [2.24, 2.45) is 11.3 Å². The molecule has 0 aliphatic heterocycles. The second-order valence-corrected chi connectivity index (χ2v) is 6.38. The van der Waals surface area contributed by atoms with Gasteiger partial charge in [-0.1, -0.05) is 34.1 Å². The highest BCUT2D eigenvalue weighted by Crippen LogP contribution is 2.18. The average Bonchev–Trinajstić information content (AvgIpc) is 2.13. The summed E-state index contributed by atoms with van der Waals surface area (Å²) < 4.78 is 0. The number of hydrogen-bond donors (Lipinski definition) is 2. The Labute approximate surface area is 110 Å². The zero-order valence-corrected chi connectivity index (χ0v) is 12.2. The first-order chi connectivity index (χ1) is 8.11. The largest absolute Gasteiger partial charge is 0.481 e. The molecule has 18 heavy (non-hydrogen) atoms. The molecule has 0 aromatic heterocycles. The van der Waals surface area contributed by atoms with E-state index in [1.807, 2.05) is 27.7 Å². The van der Waals surface area contributed by atoms with Crippen molar-refractivity contribution in [3.05, 3.63) is 0 Å². The van der Waals surface area contributed by atoms with Crippen LogP contribution < -0.4 is 5.32 Å². The molecule has 4 heteroatoms. The van der Waals surface area contributed by atoms with E-state index >= 15 is 0 Å². The van der Waals surface area contributed by atoms with Crippen molar-refractivity contribution in [2.75, 3.05) is 0 Å². The van der Waals surface area contributed by atoms with E-state index in [1.165, 1.54) is 0 Å². The van der Waals surface area contributed by atoms with Crippen LogP contribution in [0.25, 0.3) is 0 Å². The predicted molar refractivity (Wildman–Crippen MR) is 72.3 cm³/mol. The van der Waals surface area contributed by atoms with E-state index in [9.17, 15) is 9.59 Å². The molecule has 1 amide bonds. The van der Waals surface area contributed by atoms with Crippen LogP contribution in [0.4, 0.5) is 0 Å². The molecule has 2 unspecified atom stereocenters. The van der Waals surface area contributed by atoms with Crippen LogP contribution in [0.5, 0.6) is 0 Å². The van der Waals surface area contributed by atoms with Gasteiger partial charge < -0.3 is 10.4 Å². The maximum atomic E-state index is 11.7. The summed E-state index contributed by atoms with van der Waals surface area (Å²) in [5.74, 6) is -0.983. The molecular formula is C14H27NO3. The van der Waals surface area contributed by atoms with Gasteiger partial charge in [0.1, 0.15) is 0 Å². The molecule has 0 aliphatic carbocycles. The Morgan fingerprint density at radius 1 is 1.17 bits per heavy atom. The molecule has 0 saturated heterocycles. The molecule has 0 heterocycles. The number of aliphatic carboxylic acids is 1. The molecule has 2 atom stereocenters. The highest BCUT2D eigenvalue weighted by Gasteiger charge is 2.17. The van der Waals surface area contributed by atoms with E-state index in [4.69, 9.17) is 5.11 Å². The van der Waals surface area contributed by atoms with Gasteiger partial charge in [-0.25, -0.2) is 0 Å². The number of nitrogens with one attached hydrogen (secondary N) is 1. The number of carbonyl (C=O) groups is 2. The third-order valence-electron chi connectivity index (χ3n) is 2.79. The number of hydrogen-bond acceptors (Lipinski definition) is 2. The highest BCUT2D eigenvalue weighted by atomic mass is 16.4. The minimum Gasteiger partial charge on any atom is -0.481 e. The predicted octanol–water partition coefficient (Wildman–Crippen LogP) is 2.82. The van der Waals surface area contributed by atoms with Crippen molar-refractivity contribution >= 4 is 11.9 Å². The van der Waals surface area contributed by atoms with Gasteiger partial charge in [0, 0.05) is 12.5 Å². The summed E-state index contributed by atoms with van der Waals surface area (Å²) in [4.78, 5) is 22.3. The minimum atomic E-state index is -0.751. The Bertz CT molecular complexity index is 281. The number of amides is 1. The summed E-state index contributed by atoms with van der Waals surface area (Å²) in [5, 5.41) is 11.7. The monoisotopic (exact) mass is 257 g/mol. The molecule has 2 N–H and O–H groups in total. The van der Waals surface area contributed by atoms with E-state index in [-0.39, 0.29) is 23.3 Å². The van der Waals surface area contributed by atoms with E-state index in [0.717, 1.165) is 12.8 Å². The highest BCUT2D eigenvalue weighted by molar-refractivity contribution is 5.76. The summed E-state index contributed by atoms with van der Waals surface area (Å²) in [7, 11) is 0. The lowest BCUT2D eigenvalue weighted by Crippen LogP contribution is -2.34. The molecular weight excluding hydrogens is 230 g/mol. The fraction of sp³-hybridized carbons (Fsp3) is 0.857. The van der Waals surface area contributed by atoms with Gasteiger partial charge in [-0.05, 0) is 25.2 Å². The molecule has 0 aliphatic rings. The van der Waals surface area contributed by atoms with E-state index in [2.05, 4.69) is 5.32 Å². The lowest BCUT2D eigenvalue weighted by atomic mass is 9.92. The Morgan fingerprint density at radius 2 is 1.72 bits per heavy atom. The smallest absolute Gasteiger partial charge is 0.306 e. The SMILES string of the molecule is CC(CCCC(C)C(=O)O)NC(=O)CC(C)(C)C. The molecule has 0 aromatic rings. The fourth-order valence-corrected chi connectivity index (χ4v) is 1.73. The van der Waals surface area contributed by atoms with E-state index in [1.54, 1.807) is 6.92 Å². The number of rotatable bonds is 7. The molecule has 0 bridgehead atoms. The Hall–Kier alpha value is -1.06. The van der Waals surface area contributed by atoms with Gasteiger partial charge in [-0.15, -0.1) is 0 Å². The molecule has 0 rings (SSSR count). The zero-order chi connectivity index (χ0) is 14.3. The summed E-state index contributed by atoms with van der Waals surface area (Å²) in [6.45, 7) is 9.78. The van der Waals surface area contributed by atoms with Crippen LogP contribution in [0.1, 0.15) is 60.3 Å². The normalized spacial score (nSPS) is 14.9. The minimum absolute atomic E-state index is 0.00161. The Kier molecular flexibility index (Phi) is 6.96. The van der Waals surface area contributed by atoms with Crippen molar-refractivity contribution in [2.45, 2.75) is 66.3 Å². The first-order valence-corrected chi connectivity index (χ1v) is 6.64. The van der Waals surface area contributed by atoms with Crippen LogP contribution in [0.3, 0.4) is 0 Å². The topological polar surface area (TPSA) is 66.4 Å². The molecule has 0 saturated carbocycles. The molecule has 0 spiro atoms. The third kappa shape index (κ3) is 9.02. The van der Waals surface area contributed by atoms with Crippen LogP contribution in [0.2, 0.25) is 0 Å². The van der Waals surface area contributed by atoms with Crippen molar-refractivity contribution in [3.63, 3.8) is 0 Å².